The molecule has 0 bridgehead atoms. The van der Waals surface area contributed by atoms with Crippen LogP contribution in [0.3, 0.4) is 0 Å². The van der Waals surface area contributed by atoms with Crippen molar-refractivity contribution in [2.45, 2.75) is 13.0 Å². The third-order valence-electron chi connectivity index (χ3n) is 2.88. The molecule has 0 aliphatic carbocycles. The highest BCUT2D eigenvalue weighted by molar-refractivity contribution is 6.01. The number of hydrogen-bond donors (Lipinski definition) is 0. The first-order chi connectivity index (χ1) is 9.99. The first-order valence-corrected chi connectivity index (χ1v) is 6.33. The van der Waals surface area contributed by atoms with Gasteiger partial charge in [-0.1, -0.05) is 30.3 Å². The van der Waals surface area contributed by atoms with Crippen LogP contribution in [0.15, 0.2) is 47.3 Å². The summed E-state index contributed by atoms with van der Waals surface area (Å²) < 4.78 is 6.11. The molecule has 6 heteroatoms. The zero-order valence-electron chi connectivity index (χ0n) is 11.6. The molecule has 1 aromatic carbocycles. The lowest BCUT2D eigenvalue weighted by Crippen LogP contribution is -2.27. The second-order valence-electron chi connectivity index (χ2n) is 4.46. The molecule has 0 N–H and O–H groups in total. The zero-order valence-corrected chi connectivity index (χ0v) is 11.6. The molecule has 2 aromatic rings. The SMILES string of the molecule is CC(OC(=O)c1ccc(=O)n(C)n1)C(=O)c1ccccc1. The highest BCUT2D eigenvalue weighted by Gasteiger charge is 2.21. The van der Waals surface area contributed by atoms with Gasteiger partial charge in [0.15, 0.2) is 11.8 Å². The van der Waals surface area contributed by atoms with Crippen LogP contribution in [-0.4, -0.2) is 27.6 Å². The Balaban J connectivity index is 2.10. The van der Waals surface area contributed by atoms with Crippen LogP contribution < -0.4 is 5.56 Å². The topological polar surface area (TPSA) is 78.3 Å². The Morgan fingerprint density at radius 1 is 1.14 bits per heavy atom. The summed E-state index contributed by atoms with van der Waals surface area (Å²) in [6.07, 6.45) is -0.932. The van der Waals surface area contributed by atoms with Crippen molar-refractivity contribution in [3.05, 3.63) is 64.1 Å². The number of Topliss-reactive ketones (excluding diaryl/α,β-unsaturated/α-hetero) is 1. The van der Waals surface area contributed by atoms with Crippen molar-refractivity contribution in [1.29, 1.82) is 0 Å². The van der Waals surface area contributed by atoms with Crippen LogP contribution in [0, 0.1) is 0 Å². The maximum absolute atomic E-state index is 12.1. The third kappa shape index (κ3) is 3.42. The van der Waals surface area contributed by atoms with Gasteiger partial charge in [0, 0.05) is 18.7 Å². The number of rotatable bonds is 4. The van der Waals surface area contributed by atoms with Crippen molar-refractivity contribution < 1.29 is 14.3 Å². The van der Waals surface area contributed by atoms with E-state index in [0.717, 1.165) is 4.68 Å². The monoisotopic (exact) mass is 286 g/mol. The van der Waals surface area contributed by atoms with Gasteiger partial charge in [-0.2, -0.15) is 5.10 Å². The van der Waals surface area contributed by atoms with Crippen molar-refractivity contribution in [2.24, 2.45) is 7.05 Å². The maximum atomic E-state index is 12.1. The Bertz CT molecular complexity index is 722. The molecule has 1 aromatic heterocycles. The van der Waals surface area contributed by atoms with Gasteiger partial charge in [0.2, 0.25) is 5.78 Å². The molecule has 0 amide bonds. The molecule has 6 nitrogen and oxygen atoms in total. The van der Waals surface area contributed by atoms with Gasteiger partial charge in [0.1, 0.15) is 0 Å². The Labute approximate surface area is 121 Å². The van der Waals surface area contributed by atoms with Gasteiger partial charge in [0.05, 0.1) is 0 Å². The van der Waals surface area contributed by atoms with E-state index < -0.39 is 12.1 Å². The summed E-state index contributed by atoms with van der Waals surface area (Å²) in [4.78, 5) is 35.2. The minimum Gasteiger partial charge on any atom is -0.449 e. The standard InChI is InChI=1S/C15H14N2O4/c1-10(14(19)11-6-4-3-5-7-11)21-15(20)12-8-9-13(18)17(2)16-12/h3-10H,1-2H3. The van der Waals surface area contributed by atoms with Crippen LogP contribution >= 0.6 is 0 Å². The van der Waals surface area contributed by atoms with Crippen molar-refractivity contribution in [1.82, 2.24) is 9.78 Å². The van der Waals surface area contributed by atoms with E-state index in [0.29, 0.717) is 5.56 Å². The molecule has 0 spiro atoms. The molecule has 1 atom stereocenters. The fraction of sp³-hybridized carbons (Fsp3) is 0.200. The van der Waals surface area contributed by atoms with E-state index in [-0.39, 0.29) is 17.0 Å². The fourth-order valence-electron chi connectivity index (χ4n) is 1.72. The zero-order chi connectivity index (χ0) is 15.4. The van der Waals surface area contributed by atoms with Crippen LogP contribution in [0.1, 0.15) is 27.8 Å². The molecule has 2 rings (SSSR count). The van der Waals surface area contributed by atoms with Gasteiger partial charge in [-0.15, -0.1) is 0 Å². The van der Waals surface area contributed by atoms with Crippen LogP contribution in [0.5, 0.6) is 0 Å². The van der Waals surface area contributed by atoms with Gasteiger partial charge in [-0.3, -0.25) is 9.59 Å². The number of nitrogens with zero attached hydrogens (tertiary/aromatic N) is 2. The molecule has 21 heavy (non-hydrogen) atoms. The van der Waals surface area contributed by atoms with Gasteiger partial charge in [-0.25, -0.2) is 9.48 Å². The van der Waals surface area contributed by atoms with Gasteiger partial charge in [0.25, 0.3) is 5.56 Å². The third-order valence-corrected chi connectivity index (χ3v) is 2.88. The number of ether oxygens (including phenoxy) is 1. The Morgan fingerprint density at radius 3 is 2.43 bits per heavy atom. The number of aromatic nitrogens is 2. The first-order valence-electron chi connectivity index (χ1n) is 6.33. The van der Waals surface area contributed by atoms with E-state index in [1.807, 2.05) is 0 Å². The lowest BCUT2D eigenvalue weighted by molar-refractivity contribution is 0.0310. The first kappa shape index (κ1) is 14.6. The molecule has 0 fully saturated rings. The van der Waals surface area contributed by atoms with E-state index in [2.05, 4.69) is 5.10 Å². The second-order valence-corrected chi connectivity index (χ2v) is 4.46. The normalized spacial score (nSPS) is 11.7. The van der Waals surface area contributed by atoms with Gasteiger partial charge < -0.3 is 4.74 Å². The van der Waals surface area contributed by atoms with Crippen LogP contribution in [0.25, 0.3) is 0 Å². The van der Waals surface area contributed by atoms with E-state index in [1.54, 1.807) is 30.3 Å². The summed E-state index contributed by atoms with van der Waals surface area (Å²) in [5.41, 5.74) is 0.107. The van der Waals surface area contributed by atoms with Crippen LogP contribution in [0.2, 0.25) is 0 Å². The van der Waals surface area contributed by atoms with Crippen molar-refractivity contribution in [2.75, 3.05) is 0 Å². The van der Waals surface area contributed by atoms with Crippen LogP contribution in [0.4, 0.5) is 0 Å². The number of ketones is 1. The molecule has 0 saturated carbocycles. The summed E-state index contributed by atoms with van der Waals surface area (Å²) in [6.45, 7) is 1.50. The molecule has 0 aliphatic heterocycles. The van der Waals surface area contributed by atoms with E-state index in [4.69, 9.17) is 4.74 Å². The molecule has 0 radical (unpaired) electrons. The van der Waals surface area contributed by atoms with E-state index in [9.17, 15) is 14.4 Å². The predicted octanol–water partition coefficient (Wildman–Crippen LogP) is 1.21. The number of hydrogen-bond acceptors (Lipinski definition) is 5. The van der Waals surface area contributed by atoms with Gasteiger partial charge in [-0.05, 0) is 13.0 Å². The average Bonchev–Trinajstić information content (AvgIpc) is 2.50. The predicted molar refractivity (Wildman–Crippen MR) is 75.1 cm³/mol. The minimum atomic E-state index is -0.932. The van der Waals surface area contributed by atoms with E-state index >= 15 is 0 Å². The number of carbonyl (C=O) groups is 2. The highest BCUT2D eigenvalue weighted by atomic mass is 16.5. The lowest BCUT2D eigenvalue weighted by Gasteiger charge is -2.12. The molecule has 0 aliphatic rings. The second kappa shape index (κ2) is 6.13. The maximum Gasteiger partial charge on any atom is 0.359 e. The van der Waals surface area contributed by atoms with Gasteiger partial charge >= 0.3 is 5.97 Å². The Kier molecular flexibility index (Phi) is 4.27. The number of esters is 1. The number of benzene rings is 1. The summed E-state index contributed by atoms with van der Waals surface area (Å²) >= 11 is 0. The summed E-state index contributed by atoms with van der Waals surface area (Å²) in [5, 5.41) is 3.78. The molecule has 1 unspecified atom stereocenters. The molecular formula is C15H14N2O4. The summed E-state index contributed by atoms with van der Waals surface area (Å²) in [5.74, 6) is -1.05. The fourth-order valence-corrected chi connectivity index (χ4v) is 1.72. The Morgan fingerprint density at radius 2 is 1.81 bits per heavy atom. The molecular weight excluding hydrogens is 272 g/mol. The molecule has 108 valence electrons. The summed E-state index contributed by atoms with van der Waals surface area (Å²) in [7, 11) is 1.43. The quantitative estimate of drug-likeness (QED) is 0.623. The number of aryl methyl sites for hydroxylation is 1. The van der Waals surface area contributed by atoms with Crippen molar-refractivity contribution >= 4 is 11.8 Å². The van der Waals surface area contributed by atoms with E-state index in [1.165, 1.54) is 26.1 Å². The average molecular weight is 286 g/mol. The summed E-state index contributed by atoms with van der Waals surface area (Å²) in [6, 6.07) is 11.0. The molecule has 0 saturated heterocycles. The van der Waals surface area contributed by atoms with Crippen molar-refractivity contribution in [3.8, 4) is 0 Å². The number of carbonyl (C=O) groups excluding carboxylic acids is 2. The van der Waals surface area contributed by atoms with Crippen LogP contribution in [-0.2, 0) is 11.8 Å². The largest absolute Gasteiger partial charge is 0.449 e. The minimum absolute atomic E-state index is 0.0233. The highest BCUT2D eigenvalue weighted by Crippen LogP contribution is 2.08. The Hall–Kier alpha value is -2.76. The molecule has 1 heterocycles. The lowest BCUT2D eigenvalue weighted by atomic mass is 10.1. The smallest absolute Gasteiger partial charge is 0.359 e. The van der Waals surface area contributed by atoms with Crippen molar-refractivity contribution in [3.63, 3.8) is 0 Å².